The van der Waals surface area contributed by atoms with Crippen molar-refractivity contribution in [2.45, 2.75) is 66.2 Å². The van der Waals surface area contributed by atoms with Gasteiger partial charge < -0.3 is 0 Å². The summed E-state index contributed by atoms with van der Waals surface area (Å²) in [5, 5.41) is 0. The molecule has 0 saturated carbocycles. The van der Waals surface area contributed by atoms with Crippen LogP contribution in [0, 0.1) is 5.92 Å². The van der Waals surface area contributed by atoms with Crippen LogP contribution in [0.4, 0.5) is 0 Å². The predicted octanol–water partition coefficient (Wildman–Crippen LogP) is 4.28. The Morgan fingerprint density at radius 1 is 1.17 bits per heavy atom. The summed E-state index contributed by atoms with van der Waals surface area (Å²) in [6, 6.07) is 1.37. The zero-order valence-corrected chi connectivity index (χ0v) is 16.0. The fourth-order valence-electron chi connectivity index (χ4n) is 3.12. The normalized spacial score (nSPS) is 21.2. The number of hydrogen-bond donors (Lipinski definition) is 0. The van der Waals surface area contributed by atoms with Crippen LogP contribution >= 0.6 is 0 Å². The van der Waals surface area contributed by atoms with Crippen molar-refractivity contribution in [2.75, 3.05) is 0 Å². The Morgan fingerprint density at radius 3 is 2.00 bits per heavy atom. The average Bonchev–Trinajstić information content (AvgIpc) is 2.41. The summed E-state index contributed by atoms with van der Waals surface area (Å²) in [5.41, 5.74) is 6.38. The first-order valence-electron chi connectivity index (χ1n) is 6.99. The molecule has 0 radical (unpaired) electrons. The first kappa shape index (κ1) is 16.3. The second-order valence-corrected chi connectivity index (χ2v) is 10.7. The summed E-state index contributed by atoms with van der Waals surface area (Å²) in [4.78, 5) is 0. The fourth-order valence-corrected chi connectivity index (χ4v) is 6.29. The van der Waals surface area contributed by atoms with E-state index in [2.05, 4.69) is 78.7 Å². The van der Waals surface area contributed by atoms with E-state index in [-0.39, 0.29) is 5.54 Å². The van der Waals surface area contributed by atoms with Crippen LogP contribution in [-0.4, -0.2) is 17.7 Å². The maximum absolute atomic E-state index is 2.56. The van der Waals surface area contributed by atoms with Gasteiger partial charge in [0.1, 0.15) is 0 Å². The Balaban J connectivity index is 3.03. The van der Waals surface area contributed by atoms with Crippen LogP contribution in [0.15, 0.2) is 22.4 Å². The third-order valence-corrected chi connectivity index (χ3v) is 7.49. The van der Waals surface area contributed by atoms with Gasteiger partial charge in [-0.25, -0.2) is 0 Å². The van der Waals surface area contributed by atoms with Gasteiger partial charge in [0.15, 0.2) is 0 Å². The molecule has 1 atom stereocenters. The van der Waals surface area contributed by atoms with E-state index < -0.39 is 8.80 Å². The summed E-state index contributed by atoms with van der Waals surface area (Å²) >= 11 is 2.29. The molecule has 1 unspecified atom stereocenters. The van der Waals surface area contributed by atoms with Crippen molar-refractivity contribution >= 4 is 8.80 Å². The van der Waals surface area contributed by atoms with Crippen molar-refractivity contribution in [3.63, 3.8) is 0 Å². The van der Waals surface area contributed by atoms with Gasteiger partial charge in [0.05, 0.1) is 0 Å². The van der Waals surface area contributed by atoms with Gasteiger partial charge in [0.25, 0.3) is 0 Å². The average molecular weight is 298 g/mol. The van der Waals surface area contributed by atoms with E-state index in [1.165, 1.54) is 17.2 Å². The molecule has 0 aliphatic heterocycles. The maximum atomic E-state index is 2.56. The molecule has 18 heavy (non-hydrogen) atoms. The van der Waals surface area contributed by atoms with Crippen molar-refractivity contribution < 1.29 is 20.7 Å². The van der Waals surface area contributed by atoms with Crippen molar-refractivity contribution in [1.82, 2.24) is 3.38 Å². The van der Waals surface area contributed by atoms with E-state index in [0.717, 1.165) is 0 Å². The number of allylic oxidation sites excluding steroid dienone is 3. The monoisotopic (exact) mass is 298 g/mol. The molecule has 0 N–H and O–H groups in total. The third-order valence-electron chi connectivity index (χ3n) is 4.35. The molecular weight excluding hydrogens is 270 g/mol. The Bertz CT molecular complexity index is 393. The molecule has 1 aliphatic rings. The molecule has 1 aliphatic carbocycles. The van der Waals surface area contributed by atoms with Crippen molar-refractivity contribution in [3.8, 4) is 0 Å². The van der Waals surface area contributed by atoms with Crippen molar-refractivity contribution in [3.05, 3.63) is 22.4 Å². The van der Waals surface area contributed by atoms with Crippen molar-refractivity contribution in [2.24, 2.45) is 5.92 Å². The zero-order chi connectivity index (χ0) is 14.2. The second-order valence-electron chi connectivity index (χ2n) is 6.79. The van der Waals surface area contributed by atoms with Gasteiger partial charge in [-0.1, -0.05) is 0 Å². The molecule has 3 heteroatoms. The number of rotatable bonds is 4. The molecule has 0 fully saturated rings. The first-order chi connectivity index (χ1) is 8.09. The third kappa shape index (κ3) is 3.03. The van der Waals surface area contributed by atoms with Crippen molar-refractivity contribution in [1.29, 1.82) is 0 Å². The van der Waals surface area contributed by atoms with Crippen LogP contribution in [0.2, 0.25) is 19.1 Å². The summed E-state index contributed by atoms with van der Waals surface area (Å²) in [7, 11) is -0.544. The Kier molecular flexibility index (Phi) is 5.14. The molecule has 101 valence electrons. The standard InChI is InChI=1S/C15H28NSi.Ti/c1-10-11(2)13(4)14(12(10)3)16-15(5,6)9-17(7)8;/h12,17H,9H2,1-8H3;/q-1;+1. The topological polar surface area (TPSA) is 3.24 Å². The molecule has 1 rings (SSSR count). The molecular formula is C15H28NSiTi. The minimum atomic E-state index is -0.544. The van der Waals surface area contributed by atoms with E-state index in [1.807, 2.05) is 0 Å². The Hall–Kier alpha value is 0.211. The Morgan fingerprint density at radius 2 is 1.67 bits per heavy atom. The summed E-state index contributed by atoms with van der Waals surface area (Å²) in [6.07, 6.45) is 0. The van der Waals surface area contributed by atoms with Gasteiger partial charge in [-0.3, -0.25) is 0 Å². The molecule has 0 aromatic rings. The molecule has 0 amide bonds. The molecule has 0 bridgehead atoms. The second kappa shape index (κ2) is 5.68. The SMILES string of the molecule is CC1=C(C)C(C)C([N]([Ti])C(C)(C)C[SiH](C)C)=C1C. The minimum absolute atomic E-state index is 0.288. The molecule has 0 aromatic carbocycles. The van der Waals surface area contributed by atoms with E-state index >= 15 is 0 Å². The summed E-state index contributed by atoms with van der Waals surface area (Å²) in [5.74, 6) is 0.586. The van der Waals surface area contributed by atoms with Gasteiger partial charge in [-0.05, 0) is 0 Å². The van der Waals surface area contributed by atoms with Crippen LogP contribution in [0.3, 0.4) is 0 Å². The van der Waals surface area contributed by atoms with E-state index in [0.29, 0.717) is 5.92 Å². The molecule has 1 nitrogen and oxygen atoms in total. The van der Waals surface area contributed by atoms with Gasteiger partial charge in [-0.2, -0.15) is 0 Å². The zero-order valence-electron chi connectivity index (χ0n) is 13.3. The van der Waals surface area contributed by atoms with Crippen LogP contribution < -0.4 is 0 Å². The quantitative estimate of drug-likeness (QED) is 0.700. The van der Waals surface area contributed by atoms with Gasteiger partial charge in [0, 0.05) is 0 Å². The Labute approximate surface area is 127 Å². The summed E-state index contributed by atoms with van der Waals surface area (Å²) < 4.78 is 2.56. The first-order valence-corrected chi connectivity index (χ1v) is 10.8. The van der Waals surface area contributed by atoms with Gasteiger partial charge in [0.2, 0.25) is 0 Å². The van der Waals surface area contributed by atoms with Crippen LogP contribution in [0.25, 0.3) is 0 Å². The molecule has 0 aromatic heterocycles. The van der Waals surface area contributed by atoms with E-state index in [1.54, 1.807) is 11.3 Å². The van der Waals surface area contributed by atoms with E-state index in [9.17, 15) is 0 Å². The van der Waals surface area contributed by atoms with Gasteiger partial charge in [-0.15, -0.1) is 0 Å². The van der Waals surface area contributed by atoms with Crippen LogP contribution in [0.1, 0.15) is 41.5 Å². The number of nitrogens with zero attached hydrogens (tertiary/aromatic N) is 1. The van der Waals surface area contributed by atoms with E-state index in [4.69, 9.17) is 0 Å². The fraction of sp³-hybridized carbons (Fsp3) is 0.733. The molecule has 0 spiro atoms. The molecule has 0 saturated heterocycles. The van der Waals surface area contributed by atoms with Crippen LogP contribution in [-0.2, 0) is 20.7 Å². The predicted molar refractivity (Wildman–Crippen MR) is 79.8 cm³/mol. The summed E-state index contributed by atoms with van der Waals surface area (Å²) in [6.45, 7) is 18.9. The van der Waals surface area contributed by atoms with Gasteiger partial charge >= 0.3 is 127 Å². The van der Waals surface area contributed by atoms with Crippen LogP contribution in [0.5, 0.6) is 0 Å². The molecule has 0 heterocycles. The number of hydrogen-bond acceptors (Lipinski definition) is 1.